The summed E-state index contributed by atoms with van der Waals surface area (Å²) in [6.07, 6.45) is 15.1. The lowest BCUT2D eigenvalue weighted by molar-refractivity contribution is -0.167. The summed E-state index contributed by atoms with van der Waals surface area (Å²) in [6.45, 7) is 1.67. The number of carbonyl (C=O) groups excluding carboxylic acids is 1. The highest BCUT2D eigenvalue weighted by Crippen LogP contribution is 2.18. The topological polar surface area (TPSA) is 66.8 Å². The summed E-state index contributed by atoms with van der Waals surface area (Å²) < 4.78 is 4.51. The normalized spacial score (nSPS) is 13.8. The van der Waals surface area contributed by atoms with Gasteiger partial charge in [0.25, 0.3) is 0 Å². The van der Waals surface area contributed by atoms with E-state index in [1.54, 1.807) is 0 Å². The molecule has 0 bridgehead atoms. The van der Waals surface area contributed by atoms with Crippen molar-refractivity contribution in [1.82, 2.24) is 0 Å². The Labute approximate surface area is 136 Å². The molecule has 0 aliphatic heterocycles. The van der Waals surface area contributed by atoms with Gasteiger partial charge in [0.05, 0.1) is 13.7 Å². The minimum absolute atomic E-state index is 0.271. The zero-order valence-electron chi connectivity index (χ0n) is 14.6. The molecule has 4 heteroatoms. The number of carbonyl (C=O) groups is 1. The lowest BCUT2D eigenvalue weighted by atomic mass is 9.96. The van der Waals surface area contributed by atoms with Crippen molar-refractivity contribution >= 4 is 5.97 Å². The van der Waals surface area contributed by atoms with Crippen LogP contribution in [0.5, 0.6) is 0 Å². The van der Waals surface area contributed by atoms with E-state index in [0.717, 1.165) is 19.3 Å². The van der Waals surface area contributed by atoms with Gasteiger partial charge in [-0.1, -0.05) is 77.6 Å². The molecule has 1 atom stereocenters. The third kappa shape index (κ3) is 10.2. The molecule has 0 saturated carbocycles. The molecule has 0 saturated heterocycles. The van der Waals surface area contributed by atoms with Crippen molar-refractivity contribution in [3.8, 4) is 0 Å². The fourth-order valence-corrected chi connectivity index (χ4v) is 2.69. The van der Waals surface area contributed by atoms with Crippen molar-refractivity contribution in [2.75, 3.05) is 13.7 Å². The SMILES string of the molecule is CCCCCCCCCCCCCC[C@](O)(CO)C(=O)OC. The maximum Gasteiger partial charge on any atom is 0.340 e. The highest BCUT2D eigenvalue weighted by molar-refractivity contribution is 5.79. The molecule has 0 fully saturated rings. The molecular weight excluding hydrogens is 280 g/mol. The fourth-order valence-electron chi connectivity index (χ4n) is 2.69. The van der Waals surface area contributed by atoms with Gasteiger partial charge in [0, 0.05) is 0 Å². The van der Waals surface area contributed by atoms with E-state index in [1.807, 2.05) is 0 Å². The van der Waals surface area contributed by atoms with Crippen molar-refractivity contribution in [2.45, 2.75) is 96.0 Å². The van der Waals surface area contributed by atoms with E-state index in [1.165, 1.54) is 64.9 Å². The summed E-state index contributed by atoms with van der Waals surface area (Å²) in [7, 11) is 1.23. The standard InChI is InChI=1S/C18H36O4/c1-3-4-5-6-7-8-9-10-11-12-13-14-15-18(21,16-19)17(20)22-2/h19,21H,3-16H2,1-2H3/t18-/m0/s1. The summed E-state index contributed by atoms with van der Waals surface area (Å²) >= 11 is 0. The Balaban J connectivity index is 3.41. The van der Waals surface area contributed by atoms with Crippen LogP contribution in [0.15, 0.2) is 0 Å². The molecule has 0 unspecified atom stereocenters. The fraction of sp³-hybridized carbons (Fsp3) is 0.944. The Bertz CT molecular complexity index is 268. The largest absolute Gasteiger partial charge is 0.467 e. The average Bonchev–Trinajstić information content (AvgIpc) is 2.54. The molecule has 2 N–H and O–H groups in total. The van der Waals surface area contributed by atoms with Gasteiger partial charge in [0.2, 0.25) is 0 Å². The van der Waals surface area contributed by atoms with Crippen LogP contribution in [-0.4, -0.2) is 35.5 Å². The van der Waals surface area contributed by atoms with Crippen LogP contribution in [0.3, 0.4) is 0 Å². The van der Waals surface area contributed by atoms with E-state index >= 15 is 0 Å². The smallest absolute Gasteiger partial charge is 0.340 e. The van der Waals surface area contributed by atoms with Crippen LogP contribution in [0, 0.1) is 0 Å². The van der Waals surface area contributed by atoms with Gasteiger partial charge in [-0.25, -0.2) is 4.79 Å². The summed E-state index contributed by atoms with van der Waals surface area (Å²) in [5.41, 5.74) is -1.72. The molecule has 0 aliphatic rings. The van der Waals surface area contributed by atoms with Crippen LogP contribution in [0.25, 0.3) is 0 Å². The van der Waals surface area contributed by atoms with Crippen molar-refractivity contribution in [1.29, 1.82) is 0 Å². The van der Waals surface area contributed by atoms with Gasteiger partial charge in [-0.3, -0.25) is 0 Å². The second-order valence-electron chi connectivity index (χ2n) is 6.32. The lowest BCUT2D eigenvalue weighted by Crippen LogP contribution is -2.43. The van der Waals surface area contributed by atoms with Crippen LogP contribution in [0.1, 0.15) is 90.4 Å². The van der Waals surface area contributed by atoms with Gasteiger partial charge in [-0.2, -0.15) is 0 Å². The first-order chi connectivity index (χ1) is 10.6. The summed E-state index contributed by atoms with van der Waals surface area (Å²) in [4.78, 5) is 11.4. The Morgan fingerprint density at radius 3 is 1.64 bits per heavy atom. The number of methoxy groups -OCH3 is 1. The van der Waals surface area contributed by atoms with Crippen molar-refractivity contribution in [3.63, 3.8) is 0 Å². The number of aliphatic hydroxyl groups is 2. The molecule has 0 heterocycles. The third-order valence-corrected chi connectivity index (χ3v) is 4.27. The highest BCUT2D eigenvalue weighted by Gasteiger charge is 2.35. The third-order valence-electron chi connectivity index (χ3n) is 4.27. The Kier molecular flexibility index (Phi) is 13.6. The second-order valence-corrected chi connectivity index (χ2v) is 6.32. The molecule has 0 aromatic rings. The van der Waals surface area contributed by atoms with E-state index in [4.69, 9.17) is 5.11 Å². The maximum absolute atomic E-state index is 11.4. The van der Waals surface area contributed by atoms with Gasteiger partial charge < -0.3 is 14.9 Å². The monoisotopic (exact) mass is 316 g/mol. The van der Waals surface area contributed by atoms with E-state index in [0.29, 0.717) is 0 Å². The van der Waals surface area contributed by atoms with Crippen molar-refractivity contribution in [3.05, 3.63) is 0 Å². The van der Waals surface area contributed by atoms with Gasteiger partial charge in [-0.05, 0) is 12.8 Å². The van der Waals surface area contributed by atoms with Gasteiger partial charge in [0.1, 0.15) is 0 Å². The van der Waals surface area contributed by atoms with Gasteiger partial charge >= 0.3 is 5.97 Å². The van der Waals surface area contributed by atoms with Crippen LogP contribution in [0.2, 0.25) is 0 Å². The molecule has 0 aromatic carbocycles. The summed E-state index contributed by atoms with van der Waals surface area (Å²) in [5, 5.41) is 19.0. The van der Waals surface area contributed by atoms with Crippen LogP contribution in [0.4, 0.5) is 0 Å². The second kappa shape index (κ2) is 14.0. The zero-order valence-corrected chi connectivity index (χ0v) is 14.6. The first-order valence-electron chi connectivity index (χ1n) is 9.02. The average molecular weight is 316 g/mol. The van der Waals surface area contributed by atoms with Gasteiger partial charge in [0.15, 0.2) is 5.60 Å². The van der Waals surface area contributed by atoms with Gasteiger partial charge in [-0.15, -0.1) is 0 Å². The highest BCUT2D eigenvalue weighted by atomic mass is 16.5. The van der Waals surface area contributed by atoms with E-state index < -0.39 is 18.2 Å². The number of hydrogen-bond acceptors (Lipinski definition) is 4. The molecule has 0 radical (unpaired) electrons. The number of aliphatic hydroxyl groups excluding tert-OH is 1. The Morgan fingerprint density at radius 2 is 1.27 bits per heavy atom. The predicted molar refractivity (Wildman–Crippen MR) is 89.7 cm³/mol. The zero-order chi connectivity index (χ0) is 16.7. The van der Waals surface area contributed by atoms with E-state index in [9.17, 15) is 9.90 Å². The quantitative estimate of drug-likeness (QED) is 0.354. The molecule has 0 aromatic heterocycles. The lowest BCUT2D eigenvalue weighted by Gasteiger charge is -2.22. The number of hydrogen-bond donors (Lipinski definition) is 2. The minimum atomic E-state index is -1.72. The summed E-state index contributed by atoms with van der Waals surface area (Å²) in [5.74, 6) is -0.738. The predicted octanol–water partition coefficient (Wildman–Crippen LogP) is 3.97. The molecule has 22 heavy (non-hydrogen) atoms. The molecule has 4 nitrogen and oxygen atoms in total. The Hall–Kier alpha value is -0.610. The first kappa shape index (κ1) is 21.4. The molecule has 132 valence electrons. The van der Waals surface area contributed by atoms with E-state index in [2.05, 4.69) is 11.7 Å². The molecule has 0 rings (SSSR count). The van der Waals surface area contributed by atoms with Crippen LogP contribution in [-0.2, 0) is 9.53 Å². The number of rotatable bonds is 15. The molecular formula is C18H36O4. The maximum atomic E-state index is 11.4. The van der Waals surface area contributed by atoms with E-state index in [-0.39, 0.29) is 6.42 Å². The summed E-state index contributed by atoms with van der Waals surface area (Å²) in [6, 6.07) is 0. The Morgan fingerprint density at radius 1 is 0.864 bits per heavy atom. The number of unbranched alkanes of at least 4 members (excludes halogenated alkanes) is 11. The molecule has 0 spiro atoms. The van der Waals surface area contributed by atoms with Crippen molar-refractivity contribution in [2.24, 2.45) is 0 Å². The number of esters is 1. The molecule has 0 aliphatic carbocycles. The van der Waals surface area contributed by atoms with Crippen molar-refractivity contribution < 1.29 is 19.7 Å². The molecule has 0 amide bonds. The number of ether oxygens (including phenoxy) is 1. The first-order valence-corrected chi connectivity index (χ1v) is 9.02. The minimum Gasteiger partial charge on any atom is -0.467 e. The van der Waals surface area contributed by atoms with Crippen LogP contribution < -0.4 is 0 Å². The van der Waals surface area contributed by atoms with Crippen LogP contribution >= 0.6 is 0 Å².